The van der Waals surface area contributed by atoms with Crippen molar-refractivity contribution >= 4 is 22.6 Å². The third-order valence-corrected chi connectivity index (χ3v) is 5.19. The molecule has 152 valence electrons. The topological polar surface area (TPSA) is 84.2 Å². The number of H-pyrrole nitrogens is 1. The van der Waals surface area contributed by atoms with Gasteiger partial charge in [0.1, 0.15) is 11.4 Å². The Labute approximate surface area is 164 Å². The molecule has 1 aliphatic rings. The van der Waals surface area contributed by atoms with Crippen molar-refractivity contribution in [1.82, 2.24) is 14.9 Å². The van der Waals surface area contributed by atoms with Crippen molar-refractivity contribution < 1.29 is 22.7 Å². The van der Waals surface area contributed by atoms with E-state index in [-0.39, 0.29) is 17.2 Å². The average molecular weight is 404 g/mol. The summed E-state index contributed by atoms with van der Waals surface area (Å²) in [5.74, 6) is -0.435. The summed E-state index contributed by atoms with van der Waals surface area (Å²) in [7, 11) is 0. The van der Waals surface area contributed by atoms with Gasteiger partial charge in [0.05, 0.1) is 5.56 Å². The number of rotatable bonds is 3. The number of likely N-dealkylation sites (tertiary alicyclic amines) is 1. The van der Waals surface area contributed by atoms with E-state index >= 15 is 0 Å². The second-order valence-corrected chi connectivity index (χ2v) is 7.01. The van der Waals surface area contributed by atoms with E-state index in [0.29, 0.717) is 19.0 Å². The number of pyridine rings is 1. The molecule has 4 rings (SSSR count). The Kier molecular flexibility index (Phi) is 4.81. The number of aromatic amines is 1. The van der Waals surface area contributed by atoms with E-state index in [1.807, 2.05) is 18.3 Å². The molecule has 0 radical (unpaired) electrons. The molecule has 1 amide bonds. The molecule has 1 aromatic carbocycles. The number of nitrogens with one attached hydrogen (secondary N) is 1. The van der Waals surface area contributed by atoms with Crippen LogP contribution in [0.5, 0.6) is 5.75 Å². The van der Waals surface area contributed by atoms with Crippen LogP contribution in [-0.4, -0.2) is 40.2 Å². The lowest BCUT2D eigenvalue weighted by molar-refractivity contribution is -0.274. The van der Waals surface area contributed by atoms with Crippen molar-refractivity contribution in [3.8, 4) is 5.75 Å². The van der Waals surface area contributed by atoms with E-state index in [2.05, 4.69) is 14.7 Å². The molecule has 0 bridgehead atoms. The minimum absolute atomic E-state index is 0.0402. The molecule has 0 aliphatic carbocycles. The second kappa shape index (κ2) is 7.31. The Morgan fingerprint density at radius 2 is 2.00 bits per heavy atom. The van der Waals surface area contributed by atoms with Crippen LogP contribution in [0.3, 0.4) is 0 Å². The number of piperidine rings is 1. The highest BCUT2D eigenvalue weighted by atomic mass is 19.4. The zero-order valence-corrected chi connectivity index (χ0v) is 15.4. The maximum atomic E-state index is 12.8. The highest BCUT2D eigenvalue weighted by molar-refractivity contribution is 5.99. The molecule has 2 aromatic heterocycles. The highest BCUT2D eigenvalue weighted by Gasteiger charge is 2.32. The molecule has 3 aromatic rings. The number of nitrogen functional groups attached to an aromatic ring is 1. The molecular formula is C20H19F3N4O2. The second-order valence-electron chi connectivity index (χ2n) is 7.01. The Bertz CT molecular complexity index is 1040. The number of halogens is 3. The molecule has 0 spiro atoms. The molecule has 29 heavy (non-hydrogen) atoms. The third-order valence-electron chi connectivity index (χ3n) is 5.19. The van der Waals surface area contributed by atoms with E-state index < -0.39 is 12.1 Å². The number of carbonyl (C=O) groups is 1. The van der Waals surface area contributed by atoms with E-state index in [1.54, 1.807) is 11.1 Å². The minimum Gasteiger partial charge on any atom is -0.406 e. The van der Waals surface area contributed by atoms with E-state index in [9.17, 15) is 18.0 Å². The van der Waals surface area contributed by atoms with Crippen LogP contribution >= 0.6 is 0 Å². The number of alkyl halides is 3. The highest BCUT2D eigenvalue weighted by Crippen LogP contribution is 2.33. The van der Waals surface area contributed by atoms with Crippen LogP contribution < -0.4 is 10.5 Å². The fraction of sp³-hybridized carbons (Fsp3) is 0.300. The van der Waals surface area contributed by atoms with Crippen molar-refractivity contribution in [2.45, 2.75) is 25.1 Å². The molecule has 3 N–H and O–H groups in total. The molecule has 1 aliphatic heterocycles. The largest absolute Gasteiger partial charge is 0.573 e. The number of hydrogen-bond donors (Lipinski definition) is 2. The first-order valence-corrected chi connectivity index (χ1v) is 9.18. The molecule has 1 saturated heterocycles. The number of carbonyl (C=O) groups excluding carboxylic acids is 1. The normalized spacial score (nSPS) is 15.6. The third kappa shape index (κ3) is 3.98. The van der Waals surface area contributed by atoms with Gasteiger partial charge >= 0.3 is 6.36 Å². The van der Waals surface area contributed by atoms with Crippen molar-refractivity contribution in [3.63, 3.8) is 0 Å². The predicted octanol–water partition coefficient (Wildman–Crippen LogP) is 4.06. The van der Waals surface area contributed by atoms with Crippen molar-refractivity contribution in [2.24, 2.45) is 0 Å². The Morgan fingerprint density at radius 1 is 1.24 bits per heavy atom. The number of ether oxygens (including phenoxy) is 1. The molecule has 6 nitrogen and oxygen atoms in total. The molecule has 9 heteroatoms. The van der Waals surface area contributed by atoms with E-state index in [1.165, 1.54) is 11.6 Å². The van der Waals surface area contributed by atoms with Gasteiger partial charge in [-0.05, 0) is 48.6 Å². The van der Waals surface area contributed by atoms with Gasteiger partial charge in [-0.2, -0.15) is 0 Å². The summed E-state index contributed by atoms with van der Waals surface area (Å²) in [6, 6.07) is 7.32. The summed E-state index contributed by atoms with van der Waals surface area (Å²) in [6.45, 7) is 1.08. The van der Waals surface area contributed by atoms with Gasteiger partial charge in [-0.1, -0.05) is 0 Å². The van der Waals surface area contributed by atoms with Gasteiger partial charge in [0.25, 0.3) is 5.91 Å². The van der Waals surface area contributed by atoms with Crippen LogP contribution in [0.1, 0.15) is 34.7 Å². The summed E-state index contributed by atoms with van der Waals surface area (Å²) in [4.78, 5) is 21.9. The molecule has 1 fully saturated rings. The fourth-order valence-corrected chi connectivity index (χ4v) is 3.81. The zero-order valence-electron chi connectivity index (χ0n) is 15.4. The smallest absolute Gasteiger partial charge is 0.406 e. The fourth-order valence-electron chi connectivity index (χ4n) is 3.81. The quantitative estimate of drug-likeness (QED) is 0.645. The Hall–Kier alpha value is -3.23. The van der Waals surface area contributed by atoms with Crippen LogP contribution in [0.4, 0.5) is 18.9 Å². The summed E-state index contributed by atoms with van der Waals surface area (Å²) in [5.41, 5.74) is 7.97. The van der Waals surface area contributed by atoms with E-state index in [0.717, 1.165) is 36.0 Å². The zero-order chi connectivity index (χ0) is 20.6. The molecule has 0 atom stereocenters. The van der Waals surface area contributed by atoms with Gasteiger partial charge in [-0.15, -0.1) is 13.2 Å². The first-order valence-electron chi connectivity index (χ1n) is 9.18. The number of fused-ring (bicyclic) bond motifs is 1. The first-order chi connectivity index (χ1) is 13.8. The Balaban J connectivity index is 1.44. The maximum absolute atomic E-state index is 12.8. The number of nitrogens with two attached hydrogens (primary N) is 1. The van der Waals surface area contributed by atoms with Gasteiger partial charge in [0, 0.05) is 42.6 Å². The number of benzene rings is 1. The van der Waals surface area contributed by atoms with Crippen LogP contribution in [0, 0.1) is 0 Å². The van der Waals surface area contributed by atoms with Crippen LogP contribution in [0.2, 0.25) is 0 Å². The van der Waals surface area contributed by atoms with Crippen molar-refractivity contribution in [2.75, 3.05) is 18.8 Å². The monoisotopic (exact) mass is 404 g/mol. The van der Waals surface area contributed by atoms with Gasteiger partial charge in [0.15, 0.2) is 0 Å². The maximum Gasteiger partial charge on any atom is 0.573 e. The van der Waals surface area contributed by atoms with Crippen molar-refractivity contribution in [1.29, 1.82) is 0 Å². The lowest BCUT2D eigenvalue weighted by Crippen LogP contribution is -2.38. The van der Waals surface area contributed by atoms with Crippen LogP contribution in [-0.2, 0) is 0 Å². The minimum atomic E-state index is -4.81. The van der Waals surface area contributed by atoms with Crippen molar-refractivity contribution in [3.05, 3.63) is 53.9 Å². The lowest BCUT2D eigenvalue weighted by Gasteiger charge is -2.32. The van der Waals surface area contributed by atoms with Crippen LogP contribution in [0.25, 0.3) is 11.0 Å². The van der Waals surface area contributed by atoms with Gasteiger partial charge in [0.2, 0.25) is 0 Å². The SMILES string of the molecule is Nc1cc(OC(F)(F)F)ccc1C(=O)N1CCC(c2c[nH]c3ncccc23)CC1. The molecule has 3 heterocycles. The number of anilines is 1. The summed E-state index contributed by atoms with van der Waals surface area (Å²) >= 11 is 0. The van der Waals surface area contributed by atoms with Crippen LogP contribution in [0.15, 0.2) is 42.7 Å². The Morgan fingerprint density at radius 3 is 2.69 bits per heavy atom. The predicted molar refractivity (Wildman–Crippen MR) is 102 cm³/mol. The number of aromatic nitrogens is 2. The number of nitrogens with zero attached hydrogens (tertiary/aromatic N) is 2. The van der Waals surface area contributed by atoms with Gasteiger partial charge in [-0.3, -0.25) is 4.79 Å². The lowest BCUT2D eigenvalue weighted by atomic mass is 9.89. The van der Waals surface area contributed by atoms with Gasteiger partial charge < -0.3 is 20.4 Å². The first kappa shape index (κ1) is 19.1. The number of amides is 1. The summed E-state index contributed by atoms with van der Waals surface area (Å²) in [5, 5.41) is 1.08. The van der Waals surface area contributed by atoms with Gasteiger partial charge in [-0.25, -0.2) is 4.98 Å². The standard InChI is InChI=1S/C20H19F3N4O2/c21-20(22,23)29-13-3-4-15(17(24)10-13)19(28)27-8-5-12(6-9-27)16-11-26-18-14(16)2-1-7-25-18/h1-4,7,10-12H,5-6,8-9,24H2,(H,25,26). The number of hydrogen-bond acceptors (Lipinski definition) is 4. The summed E-state index contributed by atoms with van der Waals surface area (Å²) in [6.07, 6.45) is 0.458. The van der Waals surface area contributed by atoms with E-state index in [4.69, 9.17) is 5.73 Å². The molecular weight excluding hydrogens is 385 g/mol. The molecule has 0 saturated carbocycles. The molecule has 0 unspecified atom stereocenters. The summed E-state index contributed by atoms with van der Waals surface area (Å²) < 4.78 is 40.8. The average Bonchev–Trinajstić information content (AvgIpc) is 3.11.